The minimum Gasteiger partial charge on any atom is -0.478 e. The molecule has 204 valence electrons. The van der Waals surface area contributed by atoms with Gasteiger partial charge in [0.05, 0.1) is 22.2 Å². The second-order valence-electron chi connectivity index (χ2n) is 7.75. The molecule has 0 N–H and O–H groups in total. The van der Waals surface area contributed by atoms with Crippen molar-refractivity contribution >= 4 is 29.3 Å². The number of carbonyl (C=O) groups excluding carboxylic acids is 1. The lowest BCUT2D eigenvalue weighted by molar-refractivity contribution is -0.152. The highest BCUT2D eigenvalue weighted by molar-refractivity contribution is 7.99. The van der Waals surface area contributed by atoms with Gasteiger partial charge in [-0.15, -0.1) is 0 Å². The smallest absolute Gasteiger partial charge is 0.431 e. The van der Waals surface area contributed by atoms with Crippen molar-refractivity contribution in [3.05, 3.63) is 79.8 Å². The average Bonchev–Trinajstić information content (AvgIpc) is 2.84. The van der Waals surface area contributed by atoms with Crippen LogP contribution in [0.4, 0.5) is 17.6 Å². The van der Waals surface area contributed by atoms with Crippen LogP contribution in [-0.2, 0) is 27.5 Å². The van der Waals surface area contributed by atoms with Gasteiger partial charge in [0, 0.05) is 25.1 Å². The first-order chi connectivity index (χ1) is 17.8. The monoisotopic (exact) mass is 576 g/mol. The normalized spacial score (nSPS) is 12.3. The zero-order chi connectivity index (χ0) is 28.2. The number of carbonyl (C=O) groups is 1. The molecule has 8 nitrogen and oxygen atoms in total. The molecule has 0 aliphatic heterocycles. The van der Waals surface area contributed by atoms with Crippen LogP contribution in [0.2, 0.25) is 5.02 Å². The summed E-state index contributed by atoms with van der Waals surface area (Å²) in [6.45, 7) is 1.73. The van der Waals surface area contributed by atoms with Crippen molar-refractivity contribution in [1.82, 2.24) is 9.13 Å². The summed E-state index contributed by atoms with van der Waals surface area (Å²) in [5, 5.41) is -0.102. The molecule has 0 unspecified atom stereocenters. The number of hydrogen-bond donors (Lipinski definition) is 0. The van der Waals surface area contributed by atoms with Crippen LogP contribution >= 0.6 is 23.4 Å². The summed E-state index contributed by atoms with van der Waals surface area (Å²) in [7, 11) is 2.28. The molecule has 0 spiro atoms. The van der Waals surface area contributed by atoms with E-state index in [1.54, 1.807) is 24.3 Å². The summed E-state index contributed by atoms with van der Waals surface area (Å²) in [5.74, 6) is -1.49. The number of aromatic nitrogens is 2. The Morgan fingerprint density at radius 1 is 1.11 bits per heavy atom. The van der Waals surface area contributed by atoms with E-state index in [1.807, 2.05) is 0 Å². The fraction of sp³-hybridized carbons (Fsp3) is 0.292. The molecule has 0 radical (unpaired) electrons. The first-order valence-electron chi connectivity index (χ1n) is 10.8. The zero-order valence-corrected chi connectivity index (χ0v) is 21.7. The van der Waals surface area contributed by atoms with Crippen LogP contribution in [0.3, 0.4) is 0 Å². The van der Waals surface area contributed by atoms with Crippen molar-refractivity contribution in [1.29, 1.82) is 0 Å². The molecular weight excluding hydrogens is 556 g/mol. The van der Waals surface area contributed by atoms with Gasteiger partial charge in [-0.25, -0.2) is 18.5 Å². The molecule has 0 saturated heterocycles. The first-order valence-corrected chi connectivity index (χ1v) is 12.0. The first kappa shape index (κ1) is 29.3. The lowest BCUT2D eigenvalue weighted by Gasteiger charge is -2.17. The minimum absolute atomic E-state index is 0.0379. The van der Waals surface area contributed by atoms with Crippen molar-refractivity contribution in [3.63, 3.8) is 0 Å². The highest BCUT2D eigenvalue weighted by atomic mass is 35.5. The highest BCUT2D eigenvalue weighted by Gasteiger charge is 2.35. The van der Waals surface area contributed by atoms with Crippen molar-refractivity contribution in [2.24, 2.45) is 7.05 Å². The maximum absolute atomic E-state index is 14.8. The predicted octanol–water partition coefficient (Wildman–Crippen LogP) is 4.46. The van der Waals surface area contributed by atoms with Gasteiger partial charge in [-0.3, -0.25) is 9.36 Å². The summed E-state index contributed by atoms with van der Waals surface area (Å²) in [6, 6.07) is 8.59. The molecule has 2 aromatic carbocycles. The zero-order valence-electron chi connectivity index (χ0n) is 20.2. The number of para-hydroxylation sites is 1. The molecule has 0 saturated carbocycles. The van der Waals surface area contributed by atoms with Gasteiger partial charge >= 0.3 is 17.8 Å². The van der Waals surface area contributed by atoms with Crippen LogP contribution in [0.25, 0.3) is 5.69 Å². The number of halogens is 5. The molecule has 0 aliphatic carbocycles. The second-order valence-corrected chi connectivity index (χ2v) is 9.24. The van der Waals surface area contributed by atoms with E-state index in [1.165, 1.54) is 14.0 Å². The maximum atomic E-state index is 14.8. The summed E-state index contributed by atoms with van der Waals surface area (Å²) in [4.78, 5) is 37.9. The van der Waals surface area contributed by atoms with E-state index in [2.05, 4.69) is 0 Å². The summed E-state index contributed by atoms with van der Waals surface area (Å²) >= 11 is 7.16. The molecule has 0 bridgehead atoms. The van der Waals surface area contributed by atoms with Crippen LogP contribution in [0.1, 0.15) is 12.6 Å². The molecule has 1 heterocycles. The van der Waals surface area contributed by atoms with Gasteiger partial charge in [0.1, 0.15) is 23.9 Å². The average molecular weight is 577 g/mol. The number of benzene rings is 2. The second kappa shape index (κ2) is 12.0. The van der Waals surface area contributed by atoms with Gasteiger partial charge < -0.3 is 14.2 Å². The van der Waals surface area contributed by atoms with Crippen LogP contribution in [0.15, 0.2) is 61.8 Å². The van der Waals surface area contributed by atoms with E-state index in [9.17, 15) is 31.9 Å². The SMILES string of the molecule is COCCOC(=O)[C@@H](C)Oc1ccccc1Sc1cc(-n2c(=O)cc(C(F)(F)F)n(C)c2=O)c(F)cc1Cl. The molecule has 1 aromatic heterocycles. The van der Waals surface area contributed by atoms with Crippen molar-refractivity contribution < 1.29 is 36.6 Å². The molecule has 0 amide bonds. The molecule has 38 heavy (non-hydrogen) atoms. The van der Waals surface area contributed by atoms with Crippen molar-refractivity contribution in [3.8, 4) is 11.4 Å². The Bertz CT molecular complexity index is 1460. The van der Waals surface area contributed by atoms with E-state index in [0.717, 1.165) is 30.9 Å². The van der Waals surface area contributed by atoms with E-state index in [-0.39, 0.29) is 44.1 Å². The van der Waals surface area contributed by atoms with Gasteiger partial charge in [-0.1, -0.05) is 35.5 Å². The fourth-order valence-electron chi connectivity index (χ4n) is 3.22. The molecule has 0 aliphatic rings. The van der Waals surface area contributed by atoms with Crippen LogP contribution < -0.4 is 16.0 Å². The summed E-state index contributed by atoms with van der Waals surface area (Å²) < 4.78 is 70.5. The van der Waals surface area contributed by atoms with Gasteiger partial charge in [-0.05, 0) is 31.2 Å². The van der Waals surface area contributed by atoms with Gasteiger partial charge in [0.2, 0.25) is 0 Å². The Morgan fingerprint density at radius 2 is 1.79 bits per heavy atom. The standard InChI is InChI=1S/C24H21ClF4N2O6S/c1-13(22(33)36-9-8-35-3)37-17-6-4-5-7-18(17)38-19-11-16(15(26)10-14(19)25)31-21(32)12-20(24(27,28)29)30(2)23(31)34/h4-7,10-13H,8-9H2,1-3H3/t13-/m1/s1. The predicted molar refractivity (Wildman–Crippen MR) is 131 cm³/mol. The highest BCUT2D eigenvalue weighted by Crippen LogP contribution is 2.40. The summed E-state index contributed by atoms with van der Waals surface area (Å²) in [5.41, 5.74) is -4.84. The molecule has 1 atom stereocenters. The third kappa shape index (κ3) is 6.58. The molecular formula is C24H21ClF4N2O6S. The largest absolute Gasteiger partial charge is 0.478 e. The summed E-state index contributed by atoms with van der Waals surface area (Å²) in [6.07, 6.45) is -5.97. The van der Waals surface area contributed by atoms with Crippen LogP contribution in [0.5, 0.6) is 5.75 Å². The Kier molecular flexibility index (Phi) is 9.28. The fourth-order valence-corrected chi connectivity index (χ4v) is 4.41. The minimum atomic E-state index is -4.97. The number of ether oxygens (including phenoxy) is 3. The van der Waals surface area contributed by atoms with E-state index in [4.69, 9.17) is 25.8 Å². The molecule has 3 rings (SSSR count). The maximum Gasteiger partial charge on any atom is 0.431 e. The number of hydrogen-bond acceptors (Lipinski definition) is 7. The third-order valence-corrected chi connectivity index (χ3v) is 6.63. The quantitative estimate of drug-likeness (QED) is 0.211. The van der Waals surface area contributed by atoms with E-state index in [0.29, 0.717) is 4.90 Å². The van der Waals surface area contributed by atoms with E-state index >= 15 is 0 Å². The Morgan fingerprint density at radius 3 is 2.45 bits per heavy atom. The Labute approximate surface area is 222 Å². The lowest BCUT2D eigenvalue weighted by atomic mass is 10.3. The topological polar surface area (TPSA) is 88.8 Å². The van der Waals surface area contributed by atoms with Crippen molar-refractivity contribution in [2.45, 2.75) is 29.0 Å². The Balaban J connectivity index is 1.99. The van der Waals surface area contributed by atoms with Crippen LogP contribution in [-0.4, -0.2) is 41.5 Å². The number of rotatable bonds is 9. The van der Waals surface area contributed by atoms with E-state index < -0.39 is 46.7 Å². The molecule has 14 heteroatoms. The van der Waals surface area contributed by atoms with Crippen LogP contribution in [0, 0.1) is 5.82 Å². The number of nitrogens with zero attached hydrogens (tertiary/aromatic N) is 2. The molecule has 3 aromatic rings. The third-order valence-electron chi connectivity index (χ3n) is 5.09. The lowest BCUT2D eigenvalue weighted by Crippen LogP contribution is -2.41. The van der Waals surface area contributed by atoms with Gasteiger partial charge in [0.15, 0.2) is 6.10 Å². The number of methoxy groups -OCH3 is 1. The van der Waals surface area contributed by atoms with Crippen molar-refractivity contribution in [2.75, 3.05) is 20.3 Å². The van der Waals surface area contributed by atoms with Gasteiger partial charge in [-0.2, -0.15) is 13.2 Å². The van der Waals surface area contributed by atoms with Gasteiger partial charge in [0.25, 0.3) is 5.56 Å². The number of alkyl halides is 3. The number of esters is 1. The molecule has 0 fully saturated rings. The Hall–Kier alpha value is -3.29.